The first-order valence-corrected chi connectivity index (χ1v) is 11.2. The van der Waals surface area contributed by atoms with Gasteiger partial charge in [0.15, 0.2) is 0 Å². The molecule has 7 heteroatoms. The van der Waals surface area contributed by atoms with Crippen LogP contribution in [0.15, 0.2) is 48.5 Å². The lowest BCUT2D eigenvalue weighted by atomic mass is 10.0. The largest absolute Gasteiger partial charge is 0.497 e. The van der Waals surface area contributed by atoms with Gasteiger partial charge in [0.1, 0.15) is 11.4 Å². The van der Waals surface area contributed by atoms with E-state index in [0.717, 1.165) is 56.1 Å². The molecule has 1 unspecified atom stereocenters. The van der Waals surface area contributed by atoms with Gasteiger partial charge in [0, 0.05) is 50.1 Å². The van der Waals surface area contributed by atoms with E-state index in [9.17, 15) is 4.79 Å². The van der Waals surface area contributed by atoms with Gasteiger partial charge in [-0.05, 0) is 69.2 Å². The molecule has 1 heterocycles. The lowest BCUT2D eigenvalue weighted by molar-refractivity contribution is 0.0490. The van der Waals surface area contributed by atoms with E-state index in [1.165, 1.54) is 5.69 Å². The van der Waals surface area contributed by atoms with Crippen molar-refractivity contribution in [1.29, 1.82) is 0 Å². The van der Waals surface area contributed by atoms with Gasteiger partial charge in [-0.15, -0.1) is 0 Å². The fourth-order valence-corrected chi connectivity index (χ4v) is 3.87. The second-order valence-corrected chi connectivity index (χ2v) is 9.27. The van der Waals surface area contributed by atoms with Gasteiger partial charge < -0.3 is 25.4 Å². The molecule has 7 nitrogen and oxygen atoms in total. The Morgan fingerprint density at radius 3 is 2.22 bits per heavy atom. The van der Waals surface area contributed by atoms with Crippen LogP contribution in [-0.4, -0.2) is 62.5 Å². The minimum Gasteiger partial charge on any atom is -0.497 e. The van der Waals surface area contributed by atoms with Crippen LogP contribution in [0.2, 0.25) is 0 Å². The second kappa shape index (κ2) is 10.6. The summed E-state index contributed by atoms with van der Waals surface area (Å²) in [6.07, 6.45) is 0.341. The first kappa shape index (κ1) is 23.7. The highest BCUT2D eigenvalue weighted by molar-refractivity contribution is 5.68. The number of anilines is 2. The molecule has 0 aromatic heterocycles. The monoisotopic (exact) mass is 440 g/mol. The fraction of sp³-hybridized carbons (Fsp3) is 0.480. The summed E-state index contributed by atoms with van der Waals surface area (Å²) < 4.78 is 10.8. The number of nitrogens with two attached hydrogens (primary N) is 1. The topological polar surface area (TPSA) is 80.1 Å². The molecule has 1 atom stereocenters. The highest BCUT2D eigenvalue weighted by Gasteiger charge is 2.24. The summed E-state index contributed by atoms with van der Waals surface area (Å²) in [5, 5.41) is 3.08. The van der Waals surface area contributed by atoms with Crippen LogP contribution in [0, 0.1) is 0 Å². The van der Waals surface area contributed by atoms with Crippen LogP contribution in [0.4, 0.5) is 16.2 Å². The average molecular weight is 441 g/mol. The molecule has 2 aromatic carbocycles. The summed E-state index contributed by atoms with van der Waals surface area (Å²) >= 11 is 0. The number of hydrogen-bond donors (Lipinski definition) is 2. The second-order valence-electron chi connectivity index (χ2n) is 9.27. The minimum absolute atomic E-state index is 0.0546. The summed E-state index contributed by atoms with van der Waals surface area (Å²) in [7, 11) is 1.68. The summed E-state index contributed by atoms with van der Waals surface area (Å²) in [5.41, 5.74) is 8.37. The standard InChI is InChI=1S/C25H36N4O3/c1-25(2,3)32-24(30)27-21(17-19-5-7-20(26)8-6-19)18-28-13-15-29(16-14-28)22-9-11-23(31-4)12-10-22/h5-12,21H,13-18,26H2,1-4H3,(H,27,30). The molecule has 0 radical (unpaired) electrons. The highest BCUT2D eigenvalue weighted by atomic mass is 16.6. The van der Waals surface area contributed by atoms with Crippen LogP contribution < -0.4 is 20.7 Å². The van der Waals surface area contributed by atoms with E-state index in [-0.39, 0.29) is 12.1 Å². The van der Waals surface area contributed by atoms with E-state index < -0.39 is 5.60 Å². The summed E-state index contributed by atoms with van der Waals surface area (Å²) in [6.45, 7) is 10.1. The van der Waals surface area contributed by atoms with Crippen LogP contribution in [0.5, 0.6) is 5.75 Å². The van der Waals surface area contributed by atoms with Crippen molar-refractivity contribution in [2.24, 2.45) is 0 Å². The third-order valence-corrected chi connectivity index (χ3v) is 5.47. The maximum absolute atomic E-state index is 12.5. The van der Waals surface area contributed by atoms with Gasteiger partial charge in [-0.3, -0.25) is 4.90 Å². The highest BCUT2D eigenvalue weighted by Crippen LogP contribution is 2.21. The van der Waals surface area contributed by atoms with Crippen LogP contribution in [0.1, 0.15) is 26.3 Å². The van der Waals surface area contributed by atoms with Crippen LogP contribution in [0.25, 0.3) is 0 Å². The molecular weight excluding hydrogens is 404 g/mol. The number of carbonyl (C=O) groups excluding carboxylic acids is 1. The van der Waals surface area contributed by atoms with Crippen molar-refractivity contribution in [3.8, 4) is 5.75 Å². The summed E-state index contributed by atoms with van der Waals surface area (Å²) in [6, 6.07) is 16.0. The van der Waals surface area contributed by atoms with Crippen LogP contribution in [0.3, 0.4) is 0 Å². The molecule has 1 aliphatic rings. The zero-order valence-corrected chi connectivity index (χ0v) is 19.6. The molecular formula is C25H36N4O3. The molecule has 0 spiro atoms. The number of amides is 1. The summed E-state index contributed by atoms with van der Waals surface area (Å²) in [4.78, 5) is 17.2. The zero-order valence-electron chi connectivity index (χ0n) is 19.6. The normalized spacial score (nSPS) is 15.8. The molecule has 0 aliphatic carbocycles. The Morgan fingerprint density at radius 1 is 1.03 bits per heavy atom. The Labute approximate surface area is 191 Å². The van der Waals surface area contributed by atoms with E-state index in [2.05, 4.69) is 27.2 Å². The van der Waals surface area contributed by atoms with Crippen molar-refractivity contribution in [1.82, 2.24) is 10.2 Å². The van der Waals surface area contributed by atoms with Gasteiger partial charge in [0.25, 0.3) is 0 Å². The molecule has 3 rings (SSSR count). The molecule has 3 N–H and O–H groups in total. The van der Waals surface area contributed by atoms with Crippen molar-refractivity contribution < 1.29 is 14.3 Å². The van der Waals surface area contributed by atoms with Gasteiger partial charge in [-0.2, -0.15) is 0 Å². The number of benzene rings is 2. The maximum atomic E-state index is 12.5. The lowest BCUT2D eigenvalue weighted by Crippen LogP contribution is -2.52. The molecule has 1 aliphatic heterocycles. The van der Waals surface area contributed by atoms with E-state index >= 15 is 0 Å². The average Bonchev–Trinajstić information content (AvgIpc) is 2.74. The van der Waals surface area contributed by atoms with E-state index in [1.807, 2.05) is 57.2 Å². The molecule has 174 valence electrons. The number of alkyl carbamates (subject to hydrolysis) is 1. The Morgan fingerprint density at radius 2 is 1.66 bits per heavy atom. The SMILES string of the molecule is COc1ccc(N2CCN(CC(Cc3ccc(N)cc3)NC(=O)OC(C)(C)C)CC2)cc1. The molecule has 1 fully saturated rings. The Balaban J connectivity index is 1.59. The third-order valence-electron chi connectivity index (χ3n) is 5.47. The number of carbonyl (C=O) groups is 1. The first-order chi connectivity index (χ1) is 15.2. The number of rotatable bonds is 7. The van der Waals surface area contributed by atoms with Gasteiger partial charge in [0.05, 0.1) is 7.11 Å². The minimum atomic E-state index is -0.528. The first-order valence-electron chi connectivity index (χ1n) is 11.2. The number of methoxy groups -OCH3 is 1. The van der Waals surface area contributed by atoms with Crippen molar-refractivity contribution in [3.63, 3.8) is 0 Å². The van der Waals surface area contributed by atoms with Crippen LogP contribution in [-0.2, 0) is 11.2 Å². The molecule has 32 heavy (non-hydrogen) atoms. The van der Waals surface area contributed by atoms with Crippen LogP contribution >= 0.6 is 0 Å². The molecule has 2 aromatic rings. The Bertz CT molecular complexity index is 854. The molecule has 0 bridgehead atoms. The predicted octanol–water partition coefficient (Wildman–Crippen LogP) is 3.54. The van der Waals surface area contributed by atoms with Crippen molar-refractivity contribution in [3.05, 3.63) is 54.1 Å². The number of nitrogen functional groups attached to an aromatic ring is 1. The zero-order chi connectivity index (χ0) is 23.1. The molecule has 0 saturated carbocycles. The Hall–Kier alpha value is -2.93. The van der Waals surface area contributed by atoms with Gasteiger partial charge in [-0.1, -0.05) is 12.1 Å². The smallest absolute Gasteiger partial charge is 0.407 e. The van der Waals surface area contributed by atoms with E-state index in [0.29, 0.717) is 0 Å². The quantitative estimate of drug-likeness (QED) is 0.641. The molecule has 1 amide bonds. The van der Waals surface area contributed by atoms with Gasteiger partial charge >= 0.3 is 6.09 Å². The van der Waals surface area contributed by atoms with Gasteiger partial charge in [-0.25, -0.2) is 4.79 Å². The number of hydrogen-bond acceptors (Lipinski definition) is 6. The number of piperazine rings is 1. The predicted molar refractivity (Wildman–Crippen MR) is 129 cm³/mol. The fourth-order valence-electron chi connectivity index (χ4n) is 3.87. The Kier molecular flexibility index (Phi) is 7.85. The number of nitrogens with one attached hydrogen (secondary N) is 1. The van der Waals surface area contributed by atoms with E-state index in [1.54, 1.807) is 7.11 Å². The van der Waals surface area contributed by atoms with Gasteiger partial charge in [0.2, 0.25) is 0 Å². The van der Waals surface area contributed by atoms with Crippen molar-refractivity contribution in [2.75, 3.05) is 50.5 Å². The third kappa shape index (κ3) is 7.34. The van der Waals surface area contributed by atoms with Crippen molar-refractivity contribution >= 4 is 17.5 Å². The summed E-state index contributed by atoms with van der Waals surface area (Å²) in [5.74, 6) is 0.867. The molecule has 1 saturated heterocycles. The van der Waals surface area contributed by atoms with E-state index in [4.69, 9.17) is 15.2 Å². The number of ether oxygens (including phenoxy) is 2. The number of nitrogens with zero attached hydrogens (tertiary/aromatic N) is 2. The maximum Gasteiger partial charge on any atom is 0.407 e. The lowest BCUT2D eigenvalue weighted by Gasteiger charge is -2.38. The van der Waals surface area contributed by atoms with Crippen molar-refractivity contribution in [2.45, 2.75) is 38.8 Å².